The van der Waals surface area contributed by atoms with Crippen molar-refractivity contribution in [1.82, 2.24) is 9.88 Å². The van der Waals surface area contributed by atoms with E-state index in [4.69, 9.17) is 4.74 Å². The lowest BCUT2D eigenvalue weighted by atomic mass is 9.94. The van der Waals surface area contributed by atoms with Gasteiger partial charge in [-0.15, -0.1) is 0 Å². The molecule has 32 heavy (non-hydrogen) atoms. The number of Topliss-reactive ketones (excluding diaryl/α,β-unsaturated/α-hetero) is 1. The van der Waals surface area contributed by atoms with Crippen LogP contribution in [0.3, 0.4) is 0 Å². The number of para-hydroxylation sites is 1. The number of ketones is 1. The van der Waals surface area contributed by atoms with Gasteiger partial charge in [-0.3, -0.25) is 9.59 Å². The van der Waals surface area contributed by atoms with E-state index in [-0.39, 0.29) is 22.8 Å². The number of ether oxygens (including phenoxy) is 1. The number of methoxy groups -OCH3 is 1. The third kappa shape index (κ3) is 3.60. The molecule has 1 atom stereocenters. The predicted octanol–water partition coefficient (Wildman–Crippen LogP) is 4.49. The summed E-state index contributed by atoms with van der Waals surface area (Å²) >= 11 is 0. The molecule has 1 amide bonds. The Morgan fingerprint density at radius 1 is 1.16 bits per heavy atom. The van der Waals surface area contributed by atoms with Crippen molar-refractivity contribution < 1.29 is 24.5 Å². The number of aliphatic hydroxyl groups excluding tert-OH is 1. The highest BCUT2D eigenvalue weighted by atomic mass is 16.5. The van der Waals surface area contributed by atoms with Crippen molar-refractivity contribution in [2.24, 2.45) is 0 Å². The maximum atomic E-state index is 13.1. The minimum atomic E-state index is -0.808. The van der Waals surface area contributed by atoms with E-state index in [1.54, 1.807) is 18.3 Å². The summed E-state index contributed by atoms with van der Waals surface area (Å²) in [5.41, 5.74) is 1.81. The highest BCUT2D eigenvalue weighted by Gasteiger charge is 2.46. The molecule has 1 fully saturated rings. The number of rotatable bonds is 7. The van der Waals surface area contributed by atoms with Gasteiger partial charge in [0, 0.05) is 29.2 Å². The Morgan fingerprint density at radius 2 is 1.94 bits per heavy atom. The van der Waals surface area contributed by atoms with Crippen LogP contribution in [0.1, 0.15) is 43.4 Å². The summed E-state index contributed by atoms with van der Waals surface area (Å²) in [7, 11) is 1.45. The molecule has 1 aliphatic rings. The average molecular weight is 434 g/mol. The number of hydrogen-bond donors (Lipinski definition) is 3. The lowest BCUT2D eigenvalue weighted by molar-refractivity contribution is -0.139. The smallest absolute Gasteiger partial charge is 0.295 e. The van der Waals surface area contributed by atoms with E-state index in [0.717, 1.165) is 30.2 Å². The number of likely N-dealkylation sites (tertiary alicyclic amines) is 1. The monoisotopic (exact) mass is 434 g/mol. The molecule has 166 valence electrons. The molecule has 2 aromatic carbocycles. The number of carbonyl (C=O) groups excluding carboxylic acids is 2. The van der Waals surface area contributed by atoms with Crippen LogP contribution in [-0.4, -0.2) is 45.4 Å². The number of benzene rings is 2. The van der Waals surface area contributed by atoms with Gasteiger partial charge in [-0.1, -0.05) is 44.0 Å². The molecule has 1 aromatic heterocycles. The summed E-state index contributed by atoms with van der Waals surface area (Å²) in [6, 6.07) is 11.4. The van der Waals surface area contributed by atoms with Crippen molar-refractivity contribution in [3.8, 4) is 11.5 Å². The quantitative estimate of drug-likeness (QED) is 0.220. The Labute approximate surface area is 185 Å². The fraction of sp³-hybridized carbons (Fsp3) is 0.280. The zero-order valence-corrected chi connectivity index (χ0v) is 18.1. The normalized spacial score (nSPS) is 17.9. The van der Waals surface area contributed by atoms with E-state index in [0.29, 0.717) is 17.7 Å². The first-order valence-electron chi connectivity index (χ1n) is 10.7. The first-order valence-corrected chi connectivity index (χ1v) is 10.7. The lowest BCUT2D eigenvalue weighted by Gasteiger charge is -2.25. The molecule has 1 saturated heterocycles. The lowest BCUT2D eigenvalue weighted by Crippen LogP contribution is -2.30. The van der Waals surface area contributed by atoms with Crippen molar-refractivity contribution in [3.63, 3.8) is 0 Å². The molecular weight excluding hydrogens is 408 g/mol. The zero-order valence-electron chi connectivity index (χ0n) is 18.1. The summed E-state index contributed by atoms with van der Waals surface area (Å²) in [5.74, 6) is -1.43. The van der Waals surface area contributed by atoms with Gasteiger partial charge in [0.05, 0.1) is 18.7 Å². The van der Waals surface area contributed by atoms with Gasteiger partial charge in [-0.25, -0.2) is 0 Å². The zero-order chi connectivity index (χ0) is 22.8. The van der Waals surface area contributed by atoms with Gasteiger partial charge in [0.1, 0.15) is 5.76 Å². The van der Waals surface area contributed by atoms with Crippen molar-refractivity contribution in [1.29, 1.82) is 0 Å². The average Bonchev–Trinajstić information content (AvgIpc) is 3.33. The minimum absolute atomic E-state index is 0.0146. The Kier molecular flexibility index (Phi) is 5.90. The first-order chi connectivity index (χ1) is 15.5. The van der Waals surface area contributed by atoms with Crippen LogP contribution < -0.4 is 4.74 Å². The fourth-order valence-corrected chi connectivity index (χ4v) is 4.28. The summed E-state index contributed by atoms with van der Waals surface area (Å²) in [6.45, 7) is 2.44. The molecule has 0 saturated carbocycles. The number of H-pyrrole nitrogens is 1. The predicted molar refractivity (Wildman–Crippen MR) is 121 cm³/mol. The number of aromatic amines is 1. The topological polar surface area (TPSA) is 103 Å². The highest BCUT2D eigenvalue weighted by Crippen LogP contribution is 2.42. The number of aromatic nitrogens is 1. The molecule has 0 spiro atoms. The number of unbranched alkanes of at least 4 members (excludes halogenated alkanes) is 2. The van der Waals surface area contributed by atoms with Crippen molar-refractivity contribution in [2.45, 2.75) is 32.2 Å². The van der Waals surface area contributed by atoms with E-state index in [9.17, 15) is 19.8 Å². The number of aromatic hydroxyl groups is 1. The van der Waals surface area contributed by atoms with Gasteiger partial charge in [-0.2, -0.15) is 0 Å². The van der Waals surface area contributed by atoms with Gasteiger partial charge in [-0.05, 0) is 30.2 Å². The molecule has 0 bridgehead atoms. The second kappa shape index (κ2) is 8.78. The van der Waals surface area contributed by atoms with Crippen LogP contribution >= 0.6 is 0 Å². The molecule has 7 heteroatoms. The third-order valence-corrected chi connectivity index (χ3v) is 5.91. The van der Waals surface area contributed by atoms with Gasteiger partial charge in [0.2, 0.25) is 0 Å². The maximum Gasteiger partial charge on any atom is 0.295 e. The number of phenols is 1. The third-order valence-electron chi connectivity index (χ3n) is 5.91. The second-order valence-electron chi connectivity index (χ2n) is 7.88. The molecule has 1 aliphatic heterocycles. The fourth-order valence-electron chi connectivity index (χ4n) is 4.28. The molecule has 4 rings (SSSR count). The number of fused-ring (bicyclic) bond motifs is 1. The number of nitrogens with one attached hydrogen (secondary N) is 1. The van der Waals surface area contributed by atoms with Crippen molar-refractivity contribution in [2.75, 3.05) is 13.7 Å². The Morgan fingerprint density at radius 3 is 2.66 bits per heavy atom. The van der Waals surface area contributed by atoms with E-state index < -0.39 is 17.7 Å². The van der Waals surface area contributed by atoms with Crippen LogP contribution in [-0.2, 0) is 9.59 Å². The van der Waals surface area contributed by atoms with Crippen LogP contribution in [0.5, 0.6) is 11.5 Å². The van der Waals surface area contributed by atoms with Crippen LogP contribution in [0, 0.1) is 0 Å². The summed E-state index contributed by atoms with van der Waals surface area (Å²) in [4.78, 5) is 30.7. The number of aliphatic hydroxyl groups is 1. The number of carbonyl (C=O) groups is 2. The standard InChI is InChI=1S/C25H26N2O5/c1-3-4-7-12-27-22(15-10-11-20(32-2)19(28)13-15)21(24(30)25(27)31)23(29)17-14-26-18-9-6-5-8-16(17)18/h5-6,8-11,13-14,22,26,28-29H,3-4,7,12H2,1-2H3/b23-21-. The SMILES string of the molecule is CCCCCN1C(=O)C(=O)/C(=C(\O)c2c[nH]c3ccccc23)C1c1ccc(OC)c(O)c1. The van der Waals surface area contributed by atoms with E-state index in [1.807, 2.05) is 24.3 Å². The summed E-state index contributed by atoms with van der Waals surface area (Å²) < 4.78 is 5.13. The molecule has 1 unspecified atom stereocenters. The molecular formula is C25H26N2O5. The van der Waals surface area contributed by atoms with E-state index in [1.165, 1.54) is 18.1 Å². The molecule has 2 heterocycles. The Hall–Kier alpha value is -3.74. The summed E-state index contributed by atoms with van der Waals surface area (Å²) in [6.07, 6.45) is 4.24. The van der Waals surface area contributed by atoms with Crippen molar-refractivity contribution in [3.05, 3.63) is 65.4 Å². The molecule has 0 radical (unpaired) electrons. The maximum absolute atomic E-state index is 13.1. The van der Waals surface area contributed by atoms with Crippen LogP contribution in [0.15, 0.2) is 54.2 Å². The number of nitrogens with zero attached hydrogens (tertiary/aromatic N) is 1. The molecule has 7 nitrogen and oxygen atoms in total. The van der Waals surface area contributed by atoms with Crippen LogP contribution in [0.4, 0.5) is 0 Å². The highest BCUT2D eigenvalue weighted by molar-refractivity contribution is 6.46. The van der Waals surface area contributed by atoms with Crippen LogP contribution in [0.25, 0.3) is 16.7 Å². The van der Waals surface area contributed by atoms with E-state index in [2.05, 4.69) is 11.9 Å². The van der Waals surface area contributed by atoms with E-state index >= 15 is 0 Å². The largest absolute Gasteiger partial charge is 0.507 e. The molecule has 3 aromatic rings. The summed E-state index contributed by atoms with van der Waals surface area (Å²) in [5, 5.41) is 22.3. The molecule has 0 aliphatic carbocycles. The Bertz CT molecular complexity index is 1210. The number of phenolic OH excluding ortho intramolecular Hbond substituents is 1. The minimum Gasteiger partial charge on any atom is -0.507 e. The van der Waals surface area contributed by atoms with Gasteiger partial charge >= 0.3 is 0 Å². The van der Waals surface area contributed by atoms with Crippen LogP contribution in [0.2, 0.25) is 0 Å². The Balaban J connectivity index is 1.88. The van der Waals surface area contributed by atoms with Gasteiger partial charge in [0.25, 0.3) is 11.7 Å². The number of hydrogen-bond acceptors (Lipinski definition) is 5. The van der Waals surface area contributed by atoms with Gasteiger partial charge < -0.3 is 24.8 Å². The van der Waals surface area contributed by atoms with Crippen molar-refractivity contribution >= 4 is 28.4 Å². The van der Waals surface area contributed by atoms with Gasteiger partial charge in [0.15, 0.2) is 11.5 Å². The number of amides is 1. The second-order valence-corrected chi connectivity index (χ2v) is 7.88. The molecule has 3 N–H and O–H groups in total. The first kappa shape index (κ1) is 21.5.